The third-order valence-corrected chi connectivity index (χ3v) is 22.5. The summed E-state index contributed by atoms with van der Waals surface area (Å²) in [6, 6.07) is 143. The Morgan fingerprint density at radius 2 is 0.477 bits per heavy atom. The number of hydrogen-bond donors (Lipinski definition) is 0. The highest BCUT2D eigenvalue weighted by Crippen LogP contribution is 2.43. The van der Waals surface area contributed by atoms with Gasteiger partial charge < -0.3 is 18.1 Å². The second kappa shape index (κ2) is 28.9. The molecule has 21 aromatic rings. The van der Waals surface area contributed by atoms with Gasteiger partial charge in [0.25, 0.3) is 0 Å². The fourth-order valence-corrected chi connectivity index (χ4v) is 16.9. The summed E-state index contributed by atoms with van der Waals surface area (Å²) in [6.07, 6.45) is 0. The molecule has 0 atom stereocenters. The Kier molecular flexibility index (Phi) is 17.8. The van der Waals surface area contributed by atoms with Crippen LogP contribution >= 0.6 is 47.8 Å². The van der Waals surface area contributed by atoms with Gasteiger partial charge in [0.2, 0.25) is 0 Å². The molecule has 0 aliphatic carbocycles. The summed E-state index contributed by atoms with van der Waals surface area (Å²) >= 11 is 10.7. The molecule has 0 spiro atoms. The molecule has 17 aromatic carbocycles. The minimum absolute atomic E-state index is 0.910. The number of rotatable bonds is 10. The summed E-state index contributed by atoms with van der Waals surface area (Å²) in [5, 5.41) is 9.80. The molecule has 4 nitrogen and oxygen atoms in total. The SMILES string of the molecule is Brc1ccc(-c2cccc(-c3ccc4c(c3)c3ccccc3n4-c3cccc4c3oc3ccccc34)c2)cc1.Brc1cccc(-c2cccc(-c3ccc4c(c3)c3ccccc3n4-c3ccc(-c4ccccc4)cc3)c2)c1.Brc1cccc(-c2cccc(-c3ccc4c(c3)c3ccccc3n4-c3ccccc3)c2)c1. The number of para-hydroxylation sites is 6. The average molecular weight is 1590 g/mol. The number of nitrogens with zero attached hydrogens (tertiary/aromatic N) is 3. The van der Waals surface area contributed by atoms with Crippen molar-refractivity contribution < 1.29 is 4.42 Å². The Morgan fingerprint density at radius 1 is 0.174 bits per heavy atom. The summed E-state index contributed by atoms with van der Waals surface area (Å²) < 4.78 is 16.8. The van der Waals surface area contributed by atoms with E-state index in [0.29, 0.717) is 0 Å². The first-order valence-corrected chi connectivity index (χ1v) is 39.0. The number of hydrogen-bond acceptors (Lipinski definition) is 1. The molecule has 7 heteroatoms. The Bertz CT molecular complexity index is 7010. The molecule has 516 valence electrons. The van der Waals surface area contributed by atoms with Crippen molar-refractivity contribution in [3.8, 4) is 95.0 Å². The van der Waals surface area contributed by atoms with E-state index in [2.05, 4.69) is 450 Å². The van der Waals surface area contributed by atoms with E-state index >= 15 is 0 Å². The normalized spacial score (nSPS) is 11.4. The predicted molar refractivity (Wildman–Crippen MR) is 471 cm³/mol. The zero-order chi connectivity index (χ0) is 72.9. The van der Waals surface area contributed by atoms with Gasteiger partial charge in [-0.05, 0) is 223 Å². The van der Waals surface area contributed by atoms with Gasteiger partial charge in [0, 0.05) is 67.9 Å². The maximum Gasteiger partial charge on any atom is 0.159 e. The number of halogens is 3. The summed E-state index contributed by atoms with van der Waals surface area (Å²) in [5.41, 5.74) is 29.5. The molecular formula is C102H66Br3N3O. The van der Waals surface area contributed by atoms with Crippen LogP contribution < -0.4 is 0 Å². The van der Waals surface area contributed by atoms with Crippen LogP contribution in [0.5, 0.6) is 0 Å². The number of aromatic nitrogens is 3. The third-order valence-electron chi connectivity index (χ3n) is 21.0. The smallest absolute Gasteiger partial charge is 0.159 e. The van der Waals surface area contributed by atoms with Crippen molar-refractivity contribution in [3.05, 3.63) is 414 Å². The van der Waals surface area contributed by atoms with Crippen LogP contribution in [0.4, 0.5) is 0 Å². The highest BCUT2D eigenvalue weighted by atomic mass is 79.9. The van der Waals surface area contributed by atoms with Crippen LogP contribution in [0.15, 0.2) is 418 Å². The Morgan fingerprint density at radius 3 is 0.954 bits per heavy atom. The van der Waals surface area contributed by atoms with Crippen LogP contribution in [0.1, 0.15) is 0 Å². The fraction of sp³-hybridized carbons (Fsp3) is 0. The van der Waals surface area contributed by atoms with Gasteiger partial charge in [0.1, 0.15) is 5.58 Å². The van der Waals surface area contributed by atoms with E-state index in [9.17, 15) is 0 Å². The first kappa shape index (κ1) is 67.0. The van der Waals surface area contributed by atoms with Crippen LogP contribution in [-0.2, 0) is 0 Å². The topological polar surface area (TPSA) is 27.9 Å². The summed E-state index contributed by atoms with van der Waals surface area (Å²) in [4.78, 5) is 0. The van der Waals surface area contributed by atoms with Crippen LogP contribution in [0.3, 0.4) is 0 Å². The maximum absolute atomic E-state index is 6.44. The first-order chi connectivity index (χ1) is 53.8. The Labute approximate surface area is 656 Å². The zero-order valence-corrected chi connectivity index (χ0v) is 63.7. The minimum atomic E-state index is 0.910. The van der Waals surface area contributed by atoms with Gasteiger partial charge in [0.15, 0.2) is 5.58 Å². The molecule has 0 aliphatic heterocycles. The van der Waals surface area contributed by atoms with E-state index in [0.717, 1.165) is 46.6 Å². The summed E-state index contributed by atoms with van der Waals surface area (Å²) in [5.74, 6) is 0. The lowest BCUT2D eigenvalue weighted by Crippen LogP contribution is -1.94. The molecule has 4 heterocycles. The molecule has 0 N–H and O–H groups in total. The van der Waals surface area contributed by atoms with Crippen LogP contribution in [-0.4, -0.2) is 13.7 Å². The highest BCUT2D eigenvalue weighted by molar-refractivity contribution is 9.11. The number of fused-ring (bicyclic) bond motifs is 12. The molecule has 0 bridgehead atoms. The molecule has 0 radical (unpaired) electrons. The lowest BCUT2D eigenvalue weighted by Gasteiger charge is -2.10. The lowest BCUT2D eigenvalue weighted by molar-refractivity contribution is 0.666. The number of benzene rings is 17. The van der Waals surface area contributed by atoms with Gasteiger partial charge in [-0.3, -0.25) is 0 Å². The predicted octanol–water partition coefficient (Wildman–Crippen LogP) is 30.2. The number of furan rings is 1. The average Bonchev–Trinajstić information content (AvgIpc) is 1.59. The van der Waals surface area contributed by atoms with Crippen molar-refractivity contribution in [2.24, 2.45) is 0 Å². The monoisotopic (exact) mass is 1590 g/mol. The molecule has 0 saturated carbocycles. The molecule has 21 rings (SSSR count). The van der Waals surface area contributed by atoms with Gasteiger partial charge in [-0.1, -0.05) is 303 Å². The van der Waals surface area contributed by atoms with Crippen molar-refractivity contribution in [1.82, 2.24) is 13.7 Å². The van der Waals surface area contributed by atoms with Crippen molar-refractivity contribution in [2.45, 2.75) is 0 Å². The zero-order valence-electron chi connectivity index (χ0n) is 59.0. The van der Waals surface area contributed by atoms with Crippen molar-refractivity contribution in [1.29, 1.82) is 0 Å². The summed E-state index contributed by atoms with van der Waals surface area (Å²) in [7, 11) is 0. The van der Waals surface area contributed by atoms with E-state index in [-0.39, 0.29) is 0 Å². The van der Waals surface area contributed by atoms with Gasteiger partial charge in [-0.15, -0.1) is 0 Å². The summed E-state index contributed by atoms with van der Waals surface area (Å²) in [6.45, 7) is 0. The Balaban J connectivity index is 0.000000112. The molecule has 0 saturated heterocycles. The van der Waals surface area contributed by atoms with Crippen molar-refractivity contribution in [2.75, 3.05) is 0 Å². The van der Waals surface area contributed by atoms with E-state index in [1.807, 2.05) is 12.1 Å². The minimum Gasteiger partial charge on any atom is -0.454 e. The molecule has 0 unspecified atom stereocenters. The van der Waals surface area contributed by atoms with E-state index in [1.165, 1.54) is 149 Å². The fourth-order valence-electron chi connectivity index (χ4n) is 15.8. The van der Waals surface area contributed by atoms with Gasteiger partial charge in [-0.2, -0.15) is 0 Å². The second-order valence-corrected chi connectivity index (χ2v) is 30.3. The maximum atomic E-state index is 6.44. The quantitative estimate of drug-likeness (QED) is 0.134. The lowest BCUT2D eigenvalue weighted by atomic mass is 9.98. The van der Waals surface area contributed by atoms with Crippen LogP contribution in [0.2, 0.25) is 0 Å². The molecule has 0 fully saturated rings. The van der Waals surface area contributed by atoms with Crippen LogP contribution in [0, 0.1) is 0 Å². The van der Waals surface area contributed by atoms with Gasteiger partial charge in [0.05, 0.1) is 38.8 Å². The van der Waals surface area contributed by atoms with Crippen LogP contribution in [0.25, 0.3) is 182 Å². The molecule has 109 heavy (non-hydrogen) atoms. The van der Waals surface area contributed by atoms with Crippen molar-refractivity contribution in [3.63, 3.8) is 0 Å². The van der Waals surface area contributed by atoms with Crippen molar-refractivity contribution >= 4 is 135 Å². The van der Waals surface area contributed by atoms with E-state index in [1.54, 1.807) is 0 Å². The van der Waals surface area contributed by atoms with Gasteiger partial charge in [-0.25, -0.2) is 0 Å². The first-order valence-electron chi connectivity index (χ1n) is 36.6. The molecule has 0 aliphatic rings. The molecule has 4 aromatic heterocycles. The largest absolute Gasteiger partial charge is 0.454 e. The van der Waals surface area contributed by atoms with E-state index < -0.39 is 0 Å². The molecular weight excluding hydrogens is 1520 g/mol. The molecule has 0 amide bonds. The third kappa shape index (κ3) is 12.9. The standard InChI is InChI=1S/C36H22BrNO.C36H24BrN.C30H20BrN/c37-27-18-15-23(16-19-27)24-7-5-8-25(21-24)26-17-20-33-31(22-26)28-9-1-3-12-32(28)38(33)34-13-6-11-30-29-10-2-4-14-35(29)39-36(30)34;37-31-13-7-12-29(23-31)27-10-6-11-28(22-27)30-18-21-36-34(24-30)33-14-4-5-15-35(33)38(36)32-19-16-26(17-20-32)25-8-2-1-3-9-25;31-25-11-7-10-23(19-25)21-8-6-9-22(18-21)24-16-17-30-28(20-24)27-14-4-5-15-29(27)32(30)26-12-2-1-3-13-26/h1-22H;1-24H;1-20H. The van der Waals surface area contributed by atoms with E-state index in [4.69, 9.17) is 4.42 Å². The second-order valence-electron chi connectivity index (χ2n) is 27.5. The Hall–Kier alpha value is -12.6. The van der Waals surface area contributed by atoms with Gasteiger partial charge >= 0.3 is 0 Å². The highest BCUT2D eigenvalue weighted by Gasteiger charge is 2.20.